The molecule has 0 bridgehead atoms. The fraction of sp³-hybridized carbons (Fsp3) is 0. The molecule has 0 amide bonds. The Bertz CT molecular complexity index is 204. The Morgan fingerprint density at radius 3 is 2.89 bits per heavy atom. The van der Waals surface area contributed by atoms with Crippen molar-refractivity contribution < 1.29 is 0 Å². The van der Waals surface area contributed by atoms with Gasteiger partial charge in [0.15, 0.2) is 5.82 Å². The second-order valence-electron chi connectivity index (χ2n) is 1.43. The van der Waals surface area contributed by atoms with Crippen LogP contribution in [-0.4, -0.2) is 4.98 Å². The highest BCUT2D eigenvalue weighted by Gasteiger charge is 1.94. The molecule has 48 valence electrons. The fourth-order valence-corrected chi connectivity index (χ4v) is 1.05. The van der Waals surface area contributed by atoms with E-state index in [4.69, 9.17) is 11.6 Å². The first-order valence-corrected chi connectivity index (χ1v) is 3.49. The Morgan fingerprint density at radius 1 is 1.67 bits per heavy atom. The number of nitrogens with zero attached hydrogens (tertiary/aromatic N) is 1. The van der Waals surface area contributed by atoms with E-state index in [-0.39, 0.29) is 0 Å². The molecule has 4 heteroatoms. The first kappa shape index (κ1) is 6.83. The smallest absolute Gasteiger partial charge is 0.154 e. The number of rotatable bonds is 1. The number of aromatic nitrogens is 1. The van der Waals surface area contributed by atoms with Crippen molar-refractivity contribution in [2.75, 3.05) is 4.34 Å². The molecule has 0 saturated heterocycles. The lowest BCUT2D eigenvalue weighted by molar-refractivity contribution is 1.34. The van der Waals surface area contributed by atoms with E-state index in [9.17, 15) is 0 Å². The topological polar surface area (TPSA) is 24.9 Å². The molecule has 0 fully saturated rings. The van der Waals surface area contributed by atoms with Crippen LogP contribution in [0.1, 0.15) is 0 Å². The van der Waals surface area contributed by atoms with Crippen molar-refractivity contribution in [2.45, 2.75) is 0 Å². The van der Waals surface area contributed by atoms with Gasteiger partial charge < -0.3 is 4.34 Å². The van der Waals surface area contributed by atoms with Crippen LogP contribution in [0.3, 0.4) is 0 Å². The lowest BCUT2D eigenvalue weighted by Gasteiger charge is -1.96. The number of hydrogen-bond acceptors (Lipinski definition) is 2. The highest BCUT2D eigenvalue weighted by molar-refractivity contribution is 9.10. The van der Waals surface area contributed by atoms with Crippen LogP contribution in [0.5, 0.6) is 0 Å². The summed E-state index contributed by atoms with van der Waals surface area (Å²) in [4.78, 5) is 3.91. The highest BCUT2D eigenvalue weighted by atomic mass is 79.9. The van der Waals surface area contributed by atoms with Crippen molar-refractivity contribution in [3.63, 3.8) is 0 Å². The molecule has 0 aromatic carbocycles. The molecule has 0 atom stereocenters. The average molecular weight is 207 g/mol. The van der Waals surface area contributed by atoms with E-state index in [0.29, 0.717) is 10.8 Å². The van der Waals surface area contributed by atoms with E-state index in [1.165, 1.54) is 0 Å². The van der Waals surface area contributed by atoms with E-state index >= 15 is 0 Å². The summed E-state index contributed by atoms with van der Waals surface area (Å²) in [6, 6.07) is 3.54. The van der Waals surface area contributed by atoms with Crippen LogP contribution in [0.15, 0.2) is 18.3 Å². The lowest BCUT2D eigenvalue weighted by Crippen LogP contribution is -1.83. The van der Waals surface area contributed by atoms with Crippen LogP contribution >= 0.6 is 27.7 Å². The standard InChI is InChI=1S/C5H4BrClN2/c6-9-5-4(7)2-1-3-8-5/h1-3H,(H,8,9). The molecule has 1 rings (SSSR count). The number of hydrogen-bond donors (Lipinski definition) is 1. The SMILES string of the molecule is Clc1cccnc1NBr. The van der Waals surface area contributed by atoms with Crippen LogP contribution in [0.25, 0.3) is 0 Å². The van der Waals surface area contributed by atoms with Crippen molar-refractivity contribution in [3.8, 4) is 0 Å². The Labute approximate surface area is 66.6 Å². The molecule has 0 spiro atoms. The second-order valence-corrected chi connectivity index (χ2v) is 2.23. The second kappa shape index (κ2) is 3.03. The zero-order valence-electron chi connectivity index (χ0n) is 4.44. The molecule has 2 nitrogen and oxygen atoms in total. The van der Waals surface area contributed by atoms with Crippen molar-refractivity contribution in [1.82, 2.24) is 4.98 Å². The summed E-state index contributed by atoms with van der Waals surface area (Å²) in [5.41, 5.74) is 0. The summed E-state index contributed by atoms with van der Waals surface area (Å²) in [5, 5.41) is 0.606. The minimum absolute atomic E-state index is 0.606. The number of nitrogens with one attached hydrogen (secondary N) is 1. The van der Waals surface area contributed by atoms with E-state index in [1.54, 1.807) is 18.3 Å². The molecule has 0 radical (unpaired) electrons. The Balaban J connectivity index is 3.01. The first-order valence-electron chi connectivity index (χ1n) is 2.32. The van der Waals surface area contributed by atoms with Crippen LogP contribution in [-0.2, 0) is 0 Å². The minimum atomic E-state index is 0.606. The molecular weight excluding hydrogens is 203 g/mol. The number of pyridine rings is 1. The molecular formula is C5H4BrClN2. The van der Waals surface area contributed by atoms with Gasteiger partial charge in [0.2, 0.25) is 0 Å². The van der Waals surface area contributed by atoms with Gasteiger partial charge in [0.05, 0.1) is 5.02 Å². The predicted molar refractivity (Wildman–Crippen MR) is 41.8 cm³/mol. The van der Waals surface area contributed by atoms with Gasteiger partial charge in [-0.3, -0.25) is 0 Å². The molecule has 1 aromatic heterocycles. The fourth-order valence-electron chi connectivity index (χ4n) is 0.455. The summed E-state index contributed by atoms with van der Waals surface area (Å²) >= 11 is 8.68. The highest BCUT2D eigenvalue weighted by Crippen LogP contribution is 2.17. The van der Waals surface area contributed by atoms with Gasteiger partial charge in [-0.05, 0) is 12.1 Å². The van der Waals surface area contributed by atoms with E-state index < -0.39 is 0 Å². The Kier molecular flexibility index (Phi) is 2.30. The lowest BCUT2D eigenvalue weighted by atomic mass is 10.5. The van der Waals surface area contributed by atoms with Gasteiger partial charge in [-0.25, -0.2) is 4.98 Å². The summed E-state index contributed by atoms with van der Waals surface area (Å²) in [7, 11) is 0. The molecule has 1 aromatic rings. The Hall–Kier alpha value is -0.280. The molecule has 0 saturated carbocycles. The van der Waals surface area contributed by atoms with Gasteiger partial charge in [-0.1, -0.05) is 11.6 Å². The van der Waals surface area contributed by atoms with Crippen molar-refractivity contribution in [2.24, 2.45) is 0 Å². The largest absolute Gasteiger partial charge is 0.306 e. The third-order valence-electron chi connectivity index (χ3n) is 0.848. The summed E-state index contributed by atoms with van der Waals surface area (Å²) < 4.78 is 2.66. The summed E-state index contributed by atoms with van der Waals surface area (Å²) in [5.74, 6) is 0.638. The minimum Gasteiger partial charge on any atom is -0.306 e. The van der Waals surface area contributed by atoms with E-state index in [1.807, 2.05) is 0 Å². The van der Waals surface area contributed by atoms with Crippen molar-refractivity contribution >= 4 is 33.6 Å². The zero-order valence-corrected chi connectivity index (χ0v) is 6.78. The maximum atomic E-state index is 5.67. The van der Waals surface area contributed by atoms with Crippen molar-refractivity contribution in [3.05, 3.63) is 23.4 Å². The van der Waals surface area contributed by atoms with Crippen LogP contribution < -0.4 is 4.34 Å². The number of halogens is 2. The van der Waals surface area contributed by atoms with Gasteiger partial charge >= 0.3 is 0 Å². The maximum absolute atomic E-state index is 5.67. The molecule has 0 aliphatic carbocycles. The molecule has 1 N–H and O–H groups in total. The number of anilines is 1. The van der Waals surface area contributed by atoms with Crippen molar-refractivity contribution in [1.29, 1.82) is 0 Å². The van der Waals surface area contributed by atoms with Gasteiger partial charge in [-0.2, -0.15) is 0 Å². The normalized spacial score (nSPS) is 9.11. The quantitative estimate of drug-likeness (QED) is 0.716. The summed E-state index contributed by atoms with van der Waals surface area (Å²) in [6.45, 7) is 0. The van der Waals surface area contributed by atoms with Gasteiger partial charge in [0.25, 0.3) is 0 Å². The van der Waals surface area contributed by atoms with Crippen LogP contribution in [0.2, 0.25) is 5.02 Å². The van der Waals surface area contributed by atoms with Crippen LogP contribution in [0.4, 0.5) is 5.82 Å². The predicted octanol–water partition coefficient (Wildman–Crippen LogP) is 2.46. The molecule has 0 unspecified atom stereocenters. The van der Waals surface area contributed by atoms with E-state index in [0.717, 1.165) is 0 Å². The van der Waals surface area contributed by atoms with Crippen LogP contribution in [0, 0.1) is 0 Å². The van der Waals surface area contributed by atoms with Gasteiger partial charge in [-0.15, -0.1) is 0 Å². The van der Waals surface area contributed by atoms with E-state index in [2.05, 4.69) is 25.5 Å². The van der Waals surface area contributed by atoms with Gasteiger partial charge in [0.1, 0.15) is 0 Å². The first-order chi connectivity index (χ1) is 4.34. The van der Waals surface area contributed by atoms with Gasteiger partial charge in [0, 0.05) is 22.3 Å². The third-order valence-corrected chi connectivity index (χ3v) is 1.53. The molecule has 0 aliphatic rings. The monoisotopic (exact) mass is 206 g/mol. The zero-order chi connectivity index (χ0) is 6.69. The molecule has 0 aliphatic heterocycles. The average Bonchev–Trinajstić information content (AvgIpc) is 1.89. The maximum Gasteiger partial charge on any atom is 0.154 e. The molecule has 1 heterocycles. The third kappa shape index (κ3) is 1.56. The summed E-state index contributed by atoms with van der Waals surface area (Å²) in [6.07, 6.45) is 1.66. The Morgan fingerprint density at radius 2 is 2.44 bits per heavy atom. The molecule has 9 heavy (non-hydrogen) atoms.